The third-order valence-corrected chi connectivity index (χ3v) is 2.42. The second-order valence-electron chi connectivity index (χ2n) is 4.46. The van der Waals surface area contributed by atoms with Gasteiger partial charge in [0.05, 0.1) is 6.08 Å². The van der Waals surface area contributed by atoms with Crippen molar-refractivity contribution in [2.45, 2.75) is 20.8 Å². The van der Waals surface area contributed by atoms with Gasteiger partial charge in [-0.1, -0.05) is 19.9 Å². The number of rotatable bonds is 0. The quantitative estimate of drug-likeness (QED) is 0.633. The van der Waals surface area contributed by atoms with Crippen molar-refractivity contribution in [3.63, 3.8) is 0 Å². The molecule has 4 nitrogen and oxygen atoms in total. The summed E-state index contributed by atoms with van der Waals surface area (Å²) >= 11 is 0. The molecule has 0 aromatic heterocycles. The van der Waals surface area contributed by atoms with Gasteiger partial charge in [-0.2, -0.15) is 0 Å². The summed E-state index contributed by atoms with van der Waals surface area (Å²) in [5, 5.41) is 12.4. The minimum Gasteiger partial charge on any atom is -0.494 e. The van der Waals surface area contributed by atoms with Crippen molar-refractivity contribution in [3.05, 3.63) is 35.6 Å². The third kappa shape index (κ3) is 1.63. The van der Waals surface area contributed by atoms with Crippen molar-refractivity contribution in [2.24, 2.45) is 5.41 Å². The van der Waals surface area contributed by atoms with Crippen LogP contribution in [0.2, 0.25) is 0 Å². The molecule has 1 amide bonds. The van der Waals surface area contributed by atoms with E-state index < -0.39 is 0 Å². The minimum atomic E-state index is -0.291. The smallest absolute Gasteiger partial charge is 0.254 e. The van der Waals surface area contributed by atoms with E-state index in [0.29, 0.717) is 5.82 Å². The van der Waals surface area contributed by atoms with E-state index >= 15 is 0 Å². The summed E-state index contributed by atoms with van der Waals surface area (Å²) in [7, 11) is 0. The summed E-state index contributed by atoms with van der Waals surface area (Å²) in [4.78, 5) is 12.8. The maximum absolute atomic E-state index is 11.2. The summed E-state index contributed by atoms with van der Waals surface area (Å²) in [6.07, 6.45) is 5.13. The molecular formula is C11H14N2O2. The van der Waals surface area contributed by atoms with E-state index in [4.69, 9.17) is 0 Å². The second-order valence-corrected chi connectivity index (χ2v) is 4.46. The topological polar surface area (TPSA) is 52.6 Å². The van der Waals surface area contributed by atoms with Gasteiger partial charge in [-0.15, -0.1) is 0 Å². The Balaban J connectivity index is 2.49. The number of aliphatic hydroxyl groups excluding tert-OH is 1. The van der Waals surface area contributed by atoms with Crippen LogP contribution in [0.1, 0.15) is 20.8 Å². The largest absolute Gasteiger partial charge is 0.494 e. The molecule has 0 unspecified atom stereocenters. The highest BCUT2D eigenvalue weighted by atomic mass is 16.3. The Kier molecular flexibility index (Phi) is 1.89. The number of fused-ring (bicyclic) bond motifs is 1. The third-order valence-electron chi connectivity index (χ3n) is 2.42. The highest BCUT2D eigenvalue weighted by molar-refractivity contribution is 5.90. The van der Waals surface area contributed by atoms with Crippen molar-refractivity contribution >= 4 is 5.91 Å². The monoisotopic (exact) mass is 206 g/mol. The molecule has 0 saturated carbocycles. The van der Waals surface area contributed by atoms with Gasteiger partial charge in [0.1, 0.15) is 5.82 Å². The Labute approximate surface area is 88.6 Å². The average Bonchev–Trinajstić information content (AvgIpc) is 1.97. The molecule has 0 fully saturated rings. The molecule has 15 heavy (non-hydrogen) atoms. The van der Waals surface area contributed by atoms with Crippen LogP contribution in [0.5, 0.6) is 0 Å². The Morgan fingerprint density at radius 3 is 2.73 bits per heavy atom. The molecular weight excluding hydrogens is 192 g/mol. The highest BCUT2D eigenvalue weighted by Gasteiger charge is 2.30. The maximum atomic E-state index is 11.2. The van der Waals surface area contributed by atoms with E-state index in [1.807, 2.05) is 32.9 Å². The van der Waals surface area contributed by atoms with Gasteiger partial charge in [-0.25, -0.2) is 0 Å². The molecule has 0 aliphatic carbocycles. The van der Waals surface area contributed by atoms with E-state index in [1.165, 1.54) is 6.08 Å². The zero-order valence-corrected chi connectivity index (χ0v) is 9.03. The lowest BCUT2D eigenvalue weighted by Crippen LogP contribution is -2.41. The van der Waals surface area contributed by atoms with Gasteiger partial charge < -0.3 is 10.4 Å². The van der Waals surface area contributed by atoms with Crippen molar-refractivity contribution in [1.82, 2.24) is 10.2 Å². The molecule has 0 saturated heterocycles. The lowest BCUT2D eigenvalue weighted by Gasteiger charge is -2.36. The molecule has 2 aliphatic heterocycles. The molecule has 0 spiro atoms. The van der Waals surface area contributed by atoms with Crippen LogP contribution in [0.15, 0.2) is 35.6 Å². The molecule has 0 radical (unpaired) electrons. The zero-order valence-electron chi connectivity index (χ0n) is 9.03. The first kappa shape index (κ1) is 9.83. The van der Waals surface area contributed by atoms with Crippen molar-refractivity contribution in [1.29, 1.82) is 0 Å². The number of carbonyl (C=O) groups is 1. The number of aliphatic hydroxyl groups is 1. The molecule has 0 aromatic rings. The van der Waals surface area contributed by atoms with Gasteiger partial charge in [-0.3, -0.25) is 9.69 Å². The number of amides is 1. The van der Waals surface area contributed by atoms with Crippen LogP contribution < -0.4 is 5.32 Å². The van der Waals surface area contributed by atoms with Crippen LogP contribution in [-0.2, 0) is 4.79 Å². The van der Waals surface area contributed by atoms with Crippen LogP contribution in [0.3, 0.4) is 0 Å². The number of carbonyl (C=O) groups excluding carboxylic acids is 1. The number of nitrogens with zero attached hydrogens (tertiary/aromatic N) is 1. The van der Waals surface area contributed by atoms with Gasteiger partial charge in [0.15, 0.2) is 0 Å². The lowest BCUT2D eigenvalue weighted by molar-refractivity contribution is -0.117. The van der Waals surface area contributed by atoms with Crippen LogP contribution >= 0.6 is 0 Å². The van der Waals surface area contributed by atoms with Crippen LogP contribution in [0, 0.1) is 5.41 Å². The Morgan fingerprint density at radius 2 is 2.07 bits per heavy atom. The van der Waals surface area contributed by atoms with Crippen molar-refractivity contribution in [3.8, 4) is 0 Å². The van der Waals surface area contributed by atoms with Crippen molar-refractivity contribution < 1.29 is 9.90 Å². The predicted octanol–water partition coefficient (Wildman–Crippen LogP) is 1.60. The van der Waals surface area contributed by atoms with E-state index in [0.717, 1.165) is 5.70 Å². The van der Waals surface area contributed by atoms with E-state index in [2.05, 4.69) is 5.32 Å². The normalized spacial score (nSPS) is 23.5. The molecule has 2 rings (SSSR count). The molecule has 0 atom stereocenters. The highest BCUT2D eigenvalue weighted by Crippen LogP contribution is 2.33. The van der Waals surface area contributed by atoms with E-state index in [1.54, 1.807) is 4.90 Å². The second kappa shape index (κ2) is 2.89. The van der Waals surface area contributed by atoms with Gasteiger partial charge in [-0.05, 0) is 13.0 Å². The SMILES string of the molecule is CC1=CC(C)(C)C=C2NC(=O)C=C(O)N12. The molecule has 2 heterocycles. The van der Waals surface area contributed by atoms with Gasteiger partial charge >= 0.3 is 0 Å². The number of nitrogens with one attached hydrogen (secondary N) is 1. The van der Waals surface area contributed by atoms with Gasteiger partial charge in [0, 0.05) is 11.1 Å². The fourth-order valence-corrected chi connectivity index (χ4v) is 1.99. The minimum absolute atomic E-state index is 0.0331. The standard InChI is InChI=1S/C11H14N2O2/c1-7-5-11(2,3)6-8-12-9(14)4-10(15)13(7)8/h4-6,15H,1-3H3,(H,12,14). The van der Waals surface area contributed by atoms with Gasteiger partial charge in [0.2, 0.25) is 5.88 Å². The molecule has 0 bridgehead atoms. The molecule has 80 valence electrons. The first-order valence-electron chi connectivity index (χ1n) is 4.83. The summed E-state index contributed by atoms with van der Waals surface area (Å²) in [6.45, 7) is 5.99. The van der Waals surface area contributed by atoms with E-state index in [9.17, 15) is 9.90 Å². The Hall–Kier alpha value is -1.71. The first-order valence-corrected chi connectivity index (χ1v) is 4.83. The van der Waals surface area contributed by atoms with Crippen LogP contribution in [-0.4, -0.2) is 15.9 Å². The average molecular weight is 206 g/mol. The van der Waals surface area contributed by atoms with E-state index in [-0.39, 0.29) is 17.2 Å². The Morgan fingerprint density at radius 1 is 1.40 bits per heavy atom. The first-order chi connectivity index (χ1) is 6.89. The molecule has 2 N–H and O–H groups in total. The summed E-state index contributed by atoms with van der Waals surface area (Å²) in [6, 6.07) is 0. The van der Waals surface area contributed by atoms with Crippen molar-refractivity contribution in [2.75, 3.05) is 0 Å². The predicted molar refractivity (Wildman–Crippen MR) is 56.3 cm³/mol. The Bertz CT molecular complexity index is 416. The van der Waals surface area contributed by atoms with Gasteiger partial charge in [0.25, 0.3) is 5.91 Å². The maximum Gasteiger partial charge on any atom is 0.254 e. The lowest BCUT2D eigenvalue weighted by atomic mass is 9.89. The van der Waals surface area contributed by atoms with Crippen LogP contribution in [0.25, 0.3) is 0 Å². The fraction of sp³-hybridized carbons (Fsp3) is 0.364. The number of hydrogen-bond acceptors (Lipinski definition) is 3. The summed E-state index contributed by atoms with van der Waals surface area (Å²) in [5.74, 6) is 0.305. The van der Waals surface area contributed by atoms with Crippen LogP contribution in [0.4, 0.5) is 0 Å². The summed E-state index contributed by atoms with van der Waals surface area (Å²) < 4.78 is 0. The summed E-state index contributed by atoms with van der Waals surface area (Å²) in [5.41, 5.74) is 0.798. The molecule has 2 aliphatic rings. The number of allylic oxidation sites excluding steroid dienone is 3. The molecule has 0 aromatic carbocycles. The number of hydrogen-bond donors (Lipinski definition) is 2. The molecule has 4 heteroatoms. The fourth-order valence-electron chi connectivity index (χ4n) is 1.99. The zero-order chi connectivity index (χ0) is 11.2.